The van der Waals surface area contributed by atoms with Gasteiger partial charge in [0.25, 0.3) is 0 Å². The molecular formula is C46H50ClN9O6S2. The zero-order valence-corrected chi connectivity index (χ0v) is 38.6. The number of aryl methyl sites for hydroxylation is 3. The van der Waals surface area contributed by atoms with Gasteiger partial charge >= 0.3 is 0 Å². The zero-order valence-electron chi connectivity index (χ0n) is 36.0. The predicted molar refractivity (Wildman–Crippen MR) is 254 cm³/mol. The molecule has 0 unspecified atom stereocenters. The van der Waals surface area contributed by atoms with Gasteiger partial charge in [-0.3, -0.25) is 19.1 Å². The van der Waals surface area contributed by atoms with Gasteiger partial charge in [0.1, 0.15) is 40.9 Å². The van der Waals surface area contributed by atoms with Gasteiger partial charge in [-0.05, 0) is 87.4 Å². The Hall–Kier alpha value is -5.69. The van der Waals surface area contributed by atoms with E-state index in [-0.39, 0.29) is 31.7 Å². The number of pyridine rings is 2. The third-order valence-electron chi connectivity index (χ3n) is 10.7. The van der Waals surface area contributed by atoms with E-state index in [1.165, 1.54) is 4.88 Å². The molecule has 0 saturated heterocycles. The summed E-state index contributed by atoms with van der Waals surface area (Å²) in [4.78, 5) is 40.5. The molecule has 1 atom stereocenters. The largest absolute Gasteiger partial charge is 0.491 e. The quantitative estimate of drug-likeness (QED) is 0.0678. The van der Waals surface area contributed by atoms with Crippen molar-refractivity contribution < 1.29 is 28.5 Å². The Kier molecular flexibility index (Phi) is 15.4. The number of rotatable bonds is 19. The van der Waals surface area contributed by atoms with E-state index >= 15 is 0 Å². The molecule has 0 fully saturated rings. The van der Waals surface area contributed by atoms with E-state index in [9.17, 15) is 9.59 Å². The fraction of sp³-hybridized carbons (Fsp3) is 0.326. The summed E-state index contributed by atoms with van der Waals surface area (Å²) in [5, 5.41) is 19.6. The number of aliphatic imine (C=N–C) groups is 1. The van der Waals surface area contributed by atoms with Gasteiger partial charge in [0.05, 0.1) is 58.2 Å². The molecule has 6 aromatic rings. The number of anilines is 3. The lowest BCUT2D eigenvalue weighted by Gasteiger charge is -2.13. The molecule has 334 valence electrons. The second kappa shape index (κ2) is 21.3. The van der Waals surface area contributed by atoms with Crippen molar-refractivity contribution in [2.75, 3.05) is 68.7 Å². The normalized spacial score (nSPS) is 13.8. The Labute approximate surface area is 387 Å². The lowest BCUT2D eigenvalue weighted by Crippen LogP contribution is -2.17. The number of aromatic nitrogens is 5. The van der Waals surface area contributed by atoms with Crippen LogP contribution in [0.5, 0.6) is 5.75 Å². The Bertz CT molecular complexity index is 2640. The van der Waals surface area contributed by atoms with Crippen molar-refractivity contribution in [3.05, 3.63) is 122 Å². The van der Waals surface area contributed by atoms with E-state index in [4.69, 9.17) is 35.5 Å². The summed E-state index contributed by atoms with van der Waals surface area (Å²) < 4.78 is 24.9. The first-order valence-corrected chi connectivity index (χ1v) is 21.9. The molecule has 3 N–H and O–H groups in total. The zero-order chi connectivity index (χ0) is 43.9. The standard InChI is InChI=1S/C46H48ClN9O6S.H2S/c1-27-21-39(49-26-37(27)33-22-32-23-40(57)53-44(32)50-25-33)48-13-14-59-15-16-60-17-18-61-19-20-62-36-11-9-35(10-12-36)51-41(58)24-38-45-55-54-30(4)56(45)46-42(28(2)29(3)63-46)43(52-38)31-5-7-34(47)8-6-31;/h5-12,21-22,25-26,38H,13-20,23-24H2,1-4H3,(H,48,49)(H,51,58)(H,50,53,57);1H2/t38-;/m0./s1. The monoisotopic (exact) mass is 923 g/mol. The van der Waals surface area contributed by atoms with Gasteiger partial charge in [-0.15, -0.1) is 21.5 Å². The van der Waals surface area contributed by atoms with Crippen molar-refractivity contribution in [2.24, 2.45) is 4.99 Å². The van der Waals surface area contributed by atoms with E-state index < -0.39 is 6.04 Å². The number of amides is 2. The van der Waals surface area contributed by atoms with Gasteiger partial charge in [-0.25, -0.2) is 9.97 Å². The second-order valence-corrected chi connectivity index (χ2v) is 16.8. The Balaban J connectivity index is 0.00000612. The minimum absolute atomic E-state index is 0. The number of halogens is 1. The van der Waals surface area contributed by atoms with Crippen LogP contribution in [0.25, 0.3) is 16.1 Å². The molecule has 0 aliphatic carbocycles. The van der Waals surface area contributed by atoms with Gasteiger partial charge in [0, 0.05) is 62.3 Å². The molecular weight excluding hydrogens is 874 g/mol. The van der Waals surface area contributed by atoms with Crippen molar-refractivity contribution in [1.82, 2.24) is 24.7 Å². The molecule has 0 bridgehead atoms. The van der Waals surface area contributed by atoms with Crippen LogP contribution in [0.15, 0.2) is 78.0 Å². The van der Waals surface area contributed by atoms with Crippen molar-refractivity contribution >= 4 is 71.3 Å². The predicted octanol–water partition coefficient (Wildman–Crippen LogP) is 7.74. The van der Waals surface area contributed by atoms with Crippen LogP contribution in [-0.4, -0.2) is 95.1 Å². The number of hydrogen-bond acceptors (Lipinski definition) is 13. The highest BCUT2D eigenvalue weighted by Gasteiger charge is 2.32. The summed E-state index contributed by atoms with van der Waals surface area (Å²) in [7, 11) is 0. The number of thiophene rings is 1. The van der Waals surface area contributed by atoms with Gasteiger partial charge in [-0.1, -0.05) is 23.7 Å². The third-order valence-corrected chi connectivity index (χ3v) is 12.1. The third kappa shape index (κ3) is 11.0. The van der Waals surface area contributed by atoms with Crippen molar-refractivity contribution in [1.29, 1.82) is 0 Å². The molecule has 0 saturated carbocycles. The van der Waals surface area contributed by atoms with Crippen molar-refractivity contribution in [3.8, 4) is 21.9 Å². The fourth-order valence-electron chi connectivity index (χ4n) is 7.38. The molecule has 8 rings (SSSR count). The van der Waals surface area contributed by atoms with Crippen LogP contribution >= 0.6 is 36.4 Å². The number of ether oxygens (including phenoxy) is 4. The first-order chi connectivity index (χ1) is 30.6. The van der Waals surface area contributed by atoms with Crippen LogP contribution in [0, 0.1) is 27.7 Å². The van der Waals surface area contributed by atoms with Crippen LogP contribution in [0.1, 0.15) is 56.8 Å². The maximum Gasteiger partial charge on any atom is 0.230 e. The highest BCUT2D eigenvalue weighted by Crippen LogP contribution is 2.40. The molecule has 64 heavy (non-hydrogen) atoms. The molecule has 6 heterocycles. The Morgan fingerprint density at radius 2 is 1.59 bits per heavy atom. The van der Waals surface area contributed by atoms with Crippen molar-refractivity contribution in [3.63, 3.8) is 0 Å². The first kappa shape index (κ1) is 46.3. The molecule has 15 nitrogen and oxygen atoms in total. The summed E-state index contributed by atoms with van der Waals surface area (Å²) >= 11 is 7.91. The molecule has 18 heteroatoms. The average Bonchev–Trinajstić information content (AvgIpc) is 3.91. The Morgan fingerprint density at radius 3 is 2.33 bits per heavy atom. The number of fused-ring (bicyclic) bond motifs is 4. The highest BCUT2D eigenvalue weighted by atomic mass is 35.5. The smallest absolute Gasteiger partial charge is 0.230 e. The van der Waals surface area contributed by atoms with Crippen LogP contribution in [0.2, 0.25) is 5.02 Å². The molecule has 2 aliphatic rings. The van der Waals surface area contributed by atoms with Crippen LogP contribution in [0.3, 0.4) is 0 Å². The lowest BCUT2D eigenvalue weighted by atomic mass is 9.99. The number of carbonyl (C=O) groups is 2. The summed E-state index contributed by atoms with van der Waals surface area (Å²) in [6.45, 7) is 11.8. The second-order valence-electron chi connectivity index (χ2n) is 15.1. The number of carbonyl (C=O) groups excluding carboxylic acids is 2. The summed E-state index contributed by atoms with van der Waals surface area (Å²) in [5.41, 5.74) is 8.37. The number of nitrogens with one attached hydrogen (secondary N) is 3. The maximum absolute atomic E-state index is 13.5. The minimum Gasteiger partial charge on any atom is -0.491 e. The van der Waals surface area contributed by atoms with Gasteiger partial charge in [0.15, 0.2) is 5.82 Å². The van der Waals surface area contributed by atoms with E-state index in [0.717, 1.165) is 61.3 Å². The van der Waals surface area contributed by atoms with E-state index in [2.05, 4.69) is 50.0 Å². The van der Waals surface area contributed by atoms with Crippen LogP contribution < -0.4 is 20.7 Å². The van der Waals surface area contributed by atoms with Crippen LogP contribution in [-0.2, 0) is 30.2 Å². The minimum atomic E-state index is -0.570. The Morgan fingerprint density at radius 1 is 0.875 bits per heavy atom. The van der Waals surface area contributed by atoms with Gasteiger partial charge in [-0.2, -0.15) is 13.5 Å². The molecule has 2 aromatic carbocycles. The van der Waals surface area contributed by atoms with Gasteiger partial charge < -0.3 is 34.9 Å². The number of benzene rings is 2. The number of hydrogen-bond donors (Lipinski definition) is 3. The topological polar surface area (TPSA) is 176 Å². The van der Waals surface area contributed by atoms with E-state index in [1.54, 1.807) is 29.7 Å². The molecule has 0 spiro atoms. The SMILES string of the molecule is Cc1cc(NCCOCCOCCOCCOc2ccc(NC(=O)C[C@@H]3N=C(c4ccc(Cl)cc4)c4c(sc(C)c4C)-n4c(C)nnc43)cc2)ncc1-c1cnc2c(c1)CC(=O)N2.S. The first-order valence-electron chi connectivity index (χ1n) is 20.7. The lowest BCUT2D eigenvalue weighted by molar-refractivity contribution is -0.117. The molecule has 4 aromatic heterocycles. The van der Waals surface area contributed by atoms with Crippen molar-refractivity contribution in [2.45, 2.75) is 46.6 Å². The van der Waals surface area contributed by atoms with Crippen LogP contribution in [0.4, 0.5) is 17.3 Å². The fourth-order valence-corrected chi connectivity index (χ4v) is 8.72. The highest BCUT2D eigenvalue weighted by molar-refractivity contribution is 7.59. The summed E-state index contributed by atoms with van der Waals surface area (Å²) in [5.74, 6) is 3.18. The van der Waals surface area contributed by atoms with E-state index in [1.807, 2.05) is 73.1 Å². The van der Waals surface area contributed by atoms with Gasteiger partial charge in [0.2, 0.25) is 11.8 Å². The summed E-state index contributed by atoms with van der Waals surface area (Å²) in [6, 6.07) is 18.3. The maximum atomic E-state index is 13.5. The average molecular weight is 925 g/mol. The van der Waals surface area contributed by atoms with E-state index in [0.29, 0.717) is 87.3 Å². The summed E-state index contributed by atoms with van der Waals surface area (Å²) in [6.07, 6.45) is 4.00. The molecule has 2 aliphatic heterocycles. The number of nitrogens with zero attached hydrogens (tertiary/aromatic N) is 6. The molecule has 2 amide bonds. The molecule has 0 radical (unpaired) electrons.